The van der Waals surface area contributed by atoms with Gasteiger partial charge in [0.05, 0.1) is 5.69 Å². The van der Waals surface area contributed by atoms with Crippen LogP contribution in [0.15, 0.2) is 30.3 Å². The molecule has 1 aromatic carbocycles. The van der Waals surface area contributed by atoms with Gasteiger partial charge in [-0.3, -0.25) is 9.59 Å². The summed E-state index contributed by atoms with van der Waals surface area (Å²) in [6.45, 7) is 1.93. The zero-order chi connectivity index (χ0) is 13.1. The first-order valence-corrected chi connectivity index (χ1v) is 6.39. The van der Waals surface area contributed by atoms with Gasteiger partial charge in [-0.25, -0.2) is 0 Å². The van der Waals surface area contributed by atoms with Crippen LogP contribution in [-0.2, 0) is 0 Å². The SMILES string of the molecule is Cc1cc(I)ccc1NC(=O)c1ccc(C=O)[nH]1. The monoisotopic (exact) mass is 354 g/mol. The van der Waals surface area contributed by atoms with Crippen LogP contribution in [0.4, 0.5) is 5.69 Å². The van der Waals surface area contributed by atoms with Crippen LogP contribution in [0, 0.1) is 10.5 Å². The minimum atomic E-state index is -0.257. The number of benzene rings is 1. The van der Waals surface area contributed by atoms with Gasteiger partial charge in [-0.05, 0) is 65.4 Å². The van der Waals surface area contributed by atoms with Gasteiger partial charge in [-0.15, -0.1) is 0 Å². The maximum atomic E-state index is 11.9. The van der Waals surface area contributed by atoms with E-state index in [0.29, 0.717) is 17.7 Å². The number of halogens is 1. The van der Waals surface area contributed by atoms with Crippen molar-refractivity contribution in [1.82, 2.24) is 4.98 Å². The van der Waals surface area contributed by atoms with Crippen molar-refractivity contribution < 1.29 is 9.59 Å². The third kappa shape index (κ3) is 2.79. The van der Waals surface area contributed by atoms with Gasteiger partial charge in [0, 0.05) is 9.26 Å². The molecule has 92 valence electrons. The maximum absolute atomic E-state index is 11.9. The summed E-state index contributed by atoms with van der Waals surface area (Å²) in [6.07, 6.45) is 0.674. The van der Waals surface area contributed by atoms with Crippen molar-refractivity contribution in [3.8, 4) is 0 Å². The molecular formula is C13H11IN2O2. The van der Waals surface area contributed by atoms with E-state index in [1.165, 1.54) is 0 Å². The first-order valence-electron chi connectivity index (χ1n) is 5.32. The number of hydrogen-bond acceptors (Lipinski definition) is 2. The molecule has 0 unspecified atom stereocenters. The number of aromatic amines is 1. The van der Waals surface area contributed by atoms with E-state index in [1.54, 1.807) is 12.1 Å². The summed E-state index contributed by atoms with van der Waals surface area (Å²) in [4.78, 5) is 25.2. The Bertz CT molecular complexity index is 605. The van der Waals surface area contributed by atoms with Crippen LogP contribution in [0.5, 0.6) is 0 Å². The minimum Gasteiger partial charge on any atom is -0.348 e. The molecule has 1 aromatic heterocycles. The smallest absolute Gasteiger partial charge is 0.272 e. The number of nitrogens with one attached hydrogen (secondary N) is 2. The number of H-pyrrole nitrogens is 1. The highest BCUT2D eigenvalue weighted by atomic mass is 127. The van der Waals surface area contributed by atoms with Crippen LogP contribution in [0.2, 0.25) is 0 Å². The lowest BCUT2D eigenvalue weighted by Crippen LogP contribution is -2.13. The van der Waals surface area contributed by atoms with Crippen molar-refractivity contribution in [2.45, 2.75) is 6.92 Å². The van der Waals surface area contributed by atoms with Crippen LogP contribution >= 0.6 is 22.6 Å². The third-order valence-electron chi connectivity index (χ3n) is 2.52. The second-order valence-electron chi connectivity index (χ2n) is 3.86. The second-order valence-corrected chi connectivity index (χ2v) is 5.10. The molecule has 0 aliphatic carbocycles. The van der Waals surface area contributed by atoms with Crippen LogP contribution in [0.1, 0.15) is 26.5 Å². The van der Waals surface area contributed by atoms with Crippen molar-refractivity contribution in [3.05, 3.63) is 50.9 Å². The van der Waals surface area contributed by atoms with Gasteiger partial charge < -0.3 is 10.3 Å². The highest BCUT2D eigenvalue weighted by Crippen LogP contribution is 2.18. The highest BCUT2D eigenvalue weighted by molar-refractivity contribution is 14.1. The van der Waals surface area contributed by atoms with Crippen molar-refractivity contribution >= 4 is 40.5 Å². The van der Waals surface area contributed by atoms with Crippen LogP contribution < -0.4 is 5.32 Å². The normalized spacial score (nSPS) is 10.1. The Labute approximate surface area is 118 Å². The number of amides is 1. The van der Waals surface area contributed by atoms with E-state index in [2.05, 4.69) is 32.9 Å². The standard InChI is InChI=1S/C13H11IN2O2/c1-8-6-9(14)2-4-11(8)16-13(18)12-5-3-10(7-17)15-12/h2-7,15H,1H3,(H,16,18). The summed E-state index contributed by atoms with van der Waals surface area (Å²) < 4.78 is 1.12. The number of aldehydes is 1. The molecule has 0 atom stereocenters. The van der Waals surface area contributed by atoms with E-state index in [-0.39, 0.29) is 5.91 Å². The molecule has 0 spiro atoms. The second kappa shape index (κ2) is 5.34. The first-order chi connectivity index (χ1) is 8.60. The Morgan fingerprint density at radius 1 is 1.33 bits per heavy atom. The van der Waals surface area contributed by atoms with Gasteiger partial charge in [-0.2, -0.15) is 0 Å². The molecule has 0 fully saturated rings. The van der Waals surface area contributed by atoms with E-state index < -0.39 is 0 Å². The van der Waals surface area contributed by atoms with Crippen molar-refractivity contribution in [1.29, 1.82) is 0 Å². The zero-order valence-electron chi connectivity index (χ0n) is 9.66. The van der Waals surface area contributed by atoms with E-state index in [9.17, 15) is 9.59 Å². The van der Waals surface area contributed by atoms with Gasteiger partial charge in [0.1, 0.15) is 5.69 Å². The Morgan fingerprint density at radius 2 is 2.11 bits per heavy atom. The molecule has 0 aliphatic rings. The fourth-order valence-electron chi connectivity index (χ4n) is 1.57. The van der Waals surface area contributed by atoms with E-state index in [4.69, 9.17) is 0 Å². The molecule has 0 saturated carbocycles. The summed E-state index contributed by atoms with van der Waals surface area (Å²) in [7, 11) is 0. The number of aromatic nitrogens is 1. The van der Waals surface area contributed by atoms with Crippen molar-refractivity contribution in [2.24, 2.45) is 0 Å². The Morgan fingerprint density at radius 3 is 2.72 bits per heavy atom. The number of carbonyl (C=O) groups excluding carboxylic acids is 2. The lowest BCUT2D eigenvalue weighted by molar-refractivity contribution is 0.102. The Kier molecular flexibility index (Phi) is 3.81. The van der Waals surface area contributed by atoms with Crippen LogP contribution in [0.25, 0.3) is 0 Å². The molecule has 4 nitrogen and oxygen atoms in total. The molecule has 2 N–H and O–H groups in total. The van der Waals surface area contributed by atoms with Gasteiger partial charge in [0.2, 0.25) is 0 Å². The van der Waals surface area contributed by atoms with Gasteiger partial charge in [0.25, 0.3) is 5.91 Å². The van der Waals surface area contributed by atoms with Crippen molar-refractivity contribution in [2.75, 3.05) is 5.32 Å². The summed E-state index contributed by atoms with van der Waals surface area (Å²) in [6, 6.07) is 8.93. The Hall–Kier alpha value is -1.63. The van der Waals surface area contributed by atoms with Gasteiger partial charge in [0.15, 0.2) is 6.29 Å². The highest BCUT2D eigenvalue weighted by Gasteiger charge is 2.09. The molecule has 1 heterocycles. The number of anilines is 1. The number of hydrogen-bond donors (Lipinski definition) is 2. The summed E-state index contributed by atoms with van der Waals surface area (Å²) >= 11 is 2.22. The maximum Gasteiger partial charge on any atom is 0.272 e. The number of carbonyl (C=O) groups is 2. The summed E-state index contributed by atoms with van der Waals surface area (Å²) in [5, 5.41) is 2.80. The summed E-state index contributed by atoms with van der Waals surface area (Å²) in [5.41, 5.74) is 2.52. The average molecular weight is 354 g/mol. The predicted molar refractivity (Wildman–Crippen MR) is 78.0 cm³/mol. The number of aryl methyl sites for hydroxylation is 1. The van der Waals surface area contributed by atoms with E-state index in [0.717, 1.165) is 14.8 Å². The third-order valence-corrected chi connectivity index (χ3v) is 3.19. The fraction of sp³-hybridized carbons (Fsp3) is 0.0769. The lowest BCUT2D eigenvalue weighted by Gasteiger charge is -2.07. The average Bonchev–Trinajstić information content (AvgIpc) is 2.81. The molecule has 0 radical (unpaired) electrons. The van der Waals surface area contributed by atoms with E-state index >= 15 is 0 Å². The van der Waals surface area contributed by atoms with Gasteiger partial charge >= 0.3 is 0 Å². The molecule has 2 rings (SSSR count). The molecule has 1 amide bonds. The Balaban J connectivity index is 2.18. The molecule has 2 aromatic rings. The fourth-order valence-corrected chi connectivity index (χ4v) is 2.22. The molecule has 5 heteroatoms. The summed E-state index contributed by atoms with van der Waals surface area (Å²) in [5.74, 6) is -0.257. The predicted octanol–water partition coefficient (Wildman–Crippen LogP) is 2.99. The largest absolute Gasteiger partial charge is 0.348 e. The van der Waals surface area contributed by atoms with Gasteiger partial charge in [-0.1, -0.05) is 0 Å². The molecule has 0 aliphatic heterocycles. The zero-order valence-corrected chi connectivity index (χ0v) is 11.8. The minimum absolute atomic E-state index is 0.257. The molecule has 0 bridgehead atoms. The molecule has 0 saturated heterocycles. The van der Waals surface area contributed by atoms with Crippen LogP contribution in [-0.4, -0.2) is 17.2 Å². The van der Waals surface area contributed by atoms with Crippen molar-refractivity contribution in [3.63, 3.8) is 0 Å². The van der Waals surface area contributed by atoms with Crippen LogP contribution in [0.3, 0.4) is 0 Å². The number of rotatable bonds is 3. The lowest BCUT2D eigenvalue weighted by atomic mass is 10.2. The van der Waals surface area contributed by atoms with E-state index in [1.807, 2.05) is 25.1 Å². The first kappa shape index (κ1) is 12.8. The topological polar surface area (TPSA) is 62.0 Å². The quantitative estimate of drug-likeness (QED) is 0.658. The molecular weight excluding hydrogens is 343 g/mol. The molecule has 18 heavy (non-hydrogen) atoms.